The van der Waals surface area contributed by atoms with E-state index in [-0.39, 0.29) is 5.97 Å². The van der Waals surface area contributed by atoms with Crippen LogP contribution in [0.4, 0.5) is 16.2 Å². The first kappa shape index (κ1) is 19.3. The van der Waals surface area contributed by atoms with E-state index in [0.717, 1.165) is 40.0 Å². The third kappa shape index (κ3) is 4.99. The van der Waals surface area contributed by atoms with Crippen molar-refractivity contribution in [1.82, 2.24) is 0 Å². The maximum absolute atomic E-state index is 11.5. The number of nitrogens with two attached hydrogens (primary N) is 1. The van der Waals surface area contributed by atoms with E-state index < -0.39 is 6.09 Å². The fraction of sp³-hybridized carbons (Fsp3) is 0.300. The summed E-state index contributed by atoms with van der Waals surface area (Å²) >= 11 is 0. The molecule has 3 rings (SSSR count). The molecule has 1 aliphatic rings. The van der Waals surface area contributed by atoms with Gasteiger partial charge in [-0.15, -0.1) is 0 Å². The van der Waals surface area contributed by atoms with Crippen molar-refractivity contribution in [2.45, 2.75) is 33.3 Å². The number of cyclic esters (lactones) is 1. The molecule has 0 atom stereocenters. The summed E-state index contributed by atoms with van der Waals surface area (Å²) in [6.07, 6.45) is 0.985. The van der Waals surface area contributed by atoms with Crippen molar-refractivity contribution in [3.63, 3.8) is 0 Å². The zero-order valence-electron chi connectivity index (χ0n) is 15.3. The van der Waals surface area contributed by atoms with Crippen LogP contribution in [0.25, 0.3) is 11.1 Å². The number of amides is 1. The van der Waals surface area contributed by atoms with Gasteiger partial charge in [-0.3, -0.25) is 10.1 Å². The molecule has 0 radical (unpaired) electrons. The minimum absolute atomic E-state index is 0.123. The minimum atomic E-state index is -0.421. The van der Waals surface area contributed by atoms with E-state index in [4.69, 9.17) is 10.5 Å². The third-order valence-corrected chi connectivity index (χ3v) is 3.91. The number of carbonyl (C=O) groups excluding carboxylic acids is 2. The number of ether oxygens (including phenoxy) is 2. The normalized spacial score (nSPS) is 12.0. The van der Waals surface area contributed by atoms with Crippen molar-refractivity contribution in [2.75, 3.05) is 18.2 Å². The highest BCUT2D eigenvalue weighted by Gasteiger charge is 2.15. The Morgan fingerprint density at radius 3 is 2.58 bits per heavy atom. The van der Waals surface area contributed by atoms with Gasteiger partial charge in [-0.25, -0.2) is 4.79 Å². The zero-order valence-corrected chi connectivity index (χ0v) is 15.3. The first-order valence-electron chi connectivity index (χ1n) is 8.44. The van der Waals surface area contributed by atoms with Gasteiger partial charge in [-0.2, -0.15) is 0 Å². The van der Waals surface area contributed by atoms with Gasteiger partial charge < -0.3 is 15.2 Å². The molecule has 0 aromatic heterocycles. The van der Waals surface area contributed by atoms with Crippen LogP contribution in [0.2, 0.25) is 0 Å². The second kappa shape index (κ2) is 8.89. The average Bonchev–Trinajstić information content (AvgIpc) is 2.75. The molecule has 0 saturated heterocycles. The number of anilines is 2. The van der Waals surface area contributed by atoms with Crippen molar-refractivity contribution >= 4 is 23.4 Å². The van der Waals surface area contributed by atoms with Gasteiger partial charge in [-0.05, 0) is 48.2 Å². The van der Waals surface area contributed by atoms with Gasteiger partial charge in [0.2, 0.25) is 0 Å². The molecule has 1 amide bonds. The van der Waals surface area contributed by atoms with Crippen LogP contribution in [-0.4, -0.2) is 19.2 Å². The Bertz CT molecular complexity index is 802. The molecule has 0 spiro atoms. The first-order valence-corrected chi connectivity index (χ1v) is 8.44. The molecule has 0 unspecified atom stereocenters. The molecule has 138 valence electrons. The standard InChI is InChI=1S/C15H14N2O2.C5H10O2/c1-9-6-11(16)3-5-12(9)13-4-2-10-7-14(13)17-15(18)19-8-10;1-3-4-5(6)7-2/h2-7H,8,16H2,1H3,(H,17,18);3-4H2,1-2H3. The van der Waals surface area contributed by atoms with E-state index in [1.165, 1.54) is 7.11 Å². The molecular formula is C20H24N2O4. The quantitative estimate of drug-likeness (QED) is 0.633. The van der Waals surface area contributed by atoms with Crippen molar-refractivity contribution in [3.05, 3.63) is 47.5 Å². The van der Waals surface area contributed by atoms with Crippen molar-refractivity contribution in [3.8, 4) is 11.1 Å². The van der Waals surface area contributed by atoms with E-state index in [1.54, 1.807) is 0 Å². The molecule has 2 bridgehead atoms. The van der Waals surface area contributed by atoms with Crippen LogP contribution < -0.4 is 11.1 Å². The van der Waals surface area contributed by atoms with Crippen molar-refractivity contribution < 1.29 is 19.1 Å². The number of hydrogen-bond donors (Lipinski definition) is 2. The molecule has 6 nitrogen and oxygen atoms in total. The van der Waals surface area contributed by atoms with E-state index in [0.29, 0.717) is 13.0 Å². The maximum Gasteiger partial charge on any atom is 0.411 e. The summed E-state index contributed by atoms with van der Waals surface area (Å²) in [5, 5.41) is 2.76. The summed E-state index contributed by atoms with van der Waals surface area (Å²) in [4.78, 5) is 21.7. The number of aryl methyl sites for hydroxylation is 1. The van der Waals surface area contributed by atoms with Crippen LogP contribution in [0.1, 0.15) is 30.9 Å². The van der Waals surface area contributed by atoms with E-state index in [2.05, 4.69) is 10.1 Å². The number of hydrogen-bond acceptors (Lipinski definition) is 5. The SMILES string of the molecule is CCCC(=O)OC.Cc1cc(N)ccc1-c1ccc2cc1NC(=O)OC2. The number of esters is 1. The van der Waals surface area contributed by atoms with E-state index in [1.807, 2.05) is 50.2 Å². The highest BCUT2D eigenvalue weighted by molar-refractivity contribution is 5.93. The number of nitrogen functional groups attached to an aromatic ring is 1. The Balaban J connectivity index is 0.000000298. The third-order valence-electron chi connectivity index (χ3n) is 3.91. The molecule has 3 N–H and O–H groups in total. The van der Waals surface area contributed by atoms with Crippen LogP contribution in [-0.2, 0) is 20.9 Å². The minimum Gasteiger partial charge on any atom is -0.469 e. The zero-order chi connectivity index (χ0) is 19.1. The van der Waals surface area contributed by atoms with Crippen LogP contribution in [0.15, 0.2) is 36.4 Å². The van der Waals surface area contributed by atoms with Gasteiger partial charge in [0.25, 0.3) is 0 Å². The van der Waals surface area contributed by atoms with Gasteiger partial charge in [0.15, 0.2) is 0 Å². The molecule has 0 saturated carbocycles. The number of rotatable bonds is 3. The predicted octanol–water partition coefficient (Wildman–Crippen LogP) is 4.27. The highest BCUT2D eigenvalue weighted by atomic mass is 16.5. The smallest absolute Gasteiger partial charge is 0.411 e. The fourth-order valence-electron chi connectivity index (χ4n) is 2.61. The Hall–Kier alpha value is -3.02. The fourth-order valence-corrected chi connectivity index (χ4v) is 2.61. The summed E-state index contributed by atoms with van der Waals surface area (Å²) in [6.45, 7) is 4.25. The molecule has 6 heteroatoms. The van der Waals surface area contributed by atoms with Gasteiger partial charge in [0, 0.05) is 17.7 Å². The maximum atomic E-state index is 11.5. The van der Waals surface area contributed by atoms with Crippen LogP contribution in [0, 0.1) is 6.92 Å². The predicted molar refractivity (Wildman–Crippen MR) is 102 cm³/mol. The highest BCUT2D eigenvalue weighted by Crippen LogP contribution is 2.33. The Labute approximate surface area is 153 Å². The Morgan fingerprint density at radius 2 is 1.96 bits per heavy atom. The molecule has 1 aliphatic heterocycles. The lowest BCUT2D eigenvalue weighted by Gasteiger charge is -2.12. The number of carbonyl (C=O) groups is 2. The number of benzene rings is 2. The molecule has 2 aromatic rings. The lowest BCUT2D eigenvalue weighted by Crippen LogP contribution is -2.10. The largest absolute Gasteiger partial charge is 0.469 e. The molecule has 0 fully saturated rings. The summed E-state index contributed by atoms with van der Waals surface area (Å²) < 4.78 is 9.38. The second-order valence-corrected chi connectivity index (χ2v) is 5.98. The van der Waals surface area contributed by atoms with E-state index in [9.17, 15) is 9.59 Å². The molecule has 26 heavy (non-hydrogen) atoms. The van der Waals surface area contributed by atoms with Crippen molar-refractivity contribution in [2.24, 2.45) is 0 Å². The lowest BCUT2D eigenvalue weighted by molar-refractivity contribution is -0.140. The summed E-state index contributed by atoms with van der Waals surface area (Å²) in [6, 6.07) is 11.7. The van der Waals surface area contributed by atoms with Crippen LogP contribution >= 0.6 is 0 Å². The topological polar surface area (TPSA) is 90.6 Å². The number of fused-ring (bicyclic) bond motifs is 2. The number of methoxy groups -OCH3 is 1. The van der Waals surface area contributed by atoms with Gasteiger partial charge in [-0.1, -0.05) is 25.1 Å². The van der Waals surface area contributed by atoms with Gasteiger partial charge >= 0.3 is 12.1 Å². The van der Waals surface area contributed by atoms with Gasteiger partial charge in [0.05, 0.1) is 12.8 Å². The van der Waals surface area contributed by atoms with Gasteiger partial charge in [0.1, 0.15) is 6.61 Å². The monoisotopic (exact) mass is 356 g/mol. The van der Waals surface area contributed by atoms with Crippen molar-refractivity contribution in [1.29, 1.82) is 0 Å². The second-order valence-electron chi connectivity index (χ2n) is 5.98. The molecule has 2 aromatic carbocycles. The summed E-state index contributed by atoms with van der Waals surface area (Å²) in [7, 11) is 1.40. The van der Waals surface area contributed by atoms with E-state index >= 15 is 0 Å². The summed E-state index contributed by atoms with van der Waals surface area (Å²) in [5.74, 6) is -0.123. The average molecular weight is 356 g/mol. The number of nitrogens with one attached hydrogen (secondary N) is 1. The molecule has 0 aliphatic carbocycles. The molecular weight excluding hydrogens is 332 g/mol. The molecule has 1 heterocycles. The Morgan fingerprint density at radius 1 is 1.23 bits per heavy atom. The lowest BCUT2D eigenvalue weighted by atomic mass is 9.97. The Kier molecular flexibility index (Phi) is 6.60. The first-order chi connectivity index (χ1) is 12.4. The van der Waals surface area contributed by atoms with Crippen LogP contribution in [0.3, 0.4) is 0 Å². The van der Waals surface area contributed by atoms with Crippen LogP contribution in [0.5, 0.6) is 0 Å². The summed E-state index contributed by atoms with van der Waals surface area (Å²) in [5.41, 5.74) is 11.3.